The van der Waals surface area contributed by atoms with Gasteiger partial charge in [-0.1, -0.05) is 0 Å². The Kier molecular flexibility index (Phi) is 5.31. The third kappa shape index (κ3) is 4.79. The predicted octanol–water partition coefficient (Wildman–Crippen LogP) is 2.72. The van der Waals surface area contributed by atoms with Crippen molar-refractivity contribution in [1.82, 2.24) is 5.32 Å². The van der Waals surface area contributed by atoms with Gasteiger partial charge in [-0.3, -0.25) is 0 Å². The predicted molar refractivity (Wildman–Crippen MR) is 81.1 cm³/mol. The maximum atomic E-state index is 5.83. The van der Waals surface area contributed by atoms with E-state index in [9.17, 15) is 0 Å². The first-order chi connectivity index (χ1) is 9.99. The normalized spacial score (nSPS) is 13.5. The Morgan fingerprint density at radius 3 is 2.52 bits per heavy atom. The van der Waals surface area contributed by atoms with Gasteiger partial charge in [0.05, 0.1) is 6.61 Å². The van der Waals surface area contributed by atoms with Gasteiger partial charge < -0.3 is 24.3 Å². The number of fused-ring (bicyclic) bond motifs is 1. The molecule has 5 nitrogen and oxygen atoms in total. The van der Waals surface area contributed by atoms with Gasteiger partial charge >= 0.3 is 0 Å². The molecule has 1 aliphatic heterocycles. The van der Waals surface area contributed by atoms with E-state index >= 15 is 0 Å². The van der Waals surface area contributed by atoms with Gasteiger partial charge in [-0.15, -0.1) is 0 Å². The Bertz CT molecular complexity index is 468. The molecule has 0 saturated heterocycles. The summed E-state index contributed by atoms with van der Waals surface area (Å²) in [6.07, 6.45) is 0. The van der Waals surface area contributed by atoms with Crippen molar-refractivity contribution in [2.75, 3.05) is 26.6 Å². The molecule has 0 radical (unpaired) electrons. The van der Waals surface area contributed by atoms with Crippen molar-refractivity contribution in [2.45, 2.75) is 39.8 Å². The van der Waals surface area contributed by atoms with Gasteiger partial charge in [0, 0.05) is 30.3 Å². The monoisotopic (exact) mass is 295 g/mol. The van der Waals surface area contributed by atoms with Gasteiger partial charge in [-0.2, -0.15) is 0 Å². The summed E-state index contributed by atoms with van der Waals surface area (Å²) < 4.78 is 22.0. The molecule has 21 heavy (non-hydrogen) atoms. The fourth-order valence-corrected chi connectivity index (χ4v) is 1.95. The molecule has 1 heterocycles. The summed E-state index contributed by atoms with van der Waals surface area (Å²) in [6.45, 7) is 11.2. The number of ether oxygens (including phenoxy) is 4. The average molecular weight is 295 g/mol. The van der Waals surface area contributed by atoms with Crippen molar-refractivity contribution in [2.24, 2.45) is 0 Å². The average Bonchev–Trinajstić information content (AvgIpc) is 2.87. The van der Waals surface area contributed by atoms with Gasteiger partial charge in [0.1, 0.15) is 12.4 Å². The lowest BCUT2D eigenvalue weighted by molar-refractivity contribution is 0.109. The third-order valence-corrected chi connectivity index (χ3v) is 3.05. The molecular formula is C16H25NO4. The molecule has 2 rings (SSSR count). The van der Waals surface area contributed by atoms with E-state index in [1.807, 2.05) is 19.1 Å². The van der Waals surface area contributed by atoms with E-state index in [1.165, 1.54) is 0 Å². The van der Waals surface area contributed by atoms with E-state index in [4.69, 9.17) is 18.9 Å². The van der Waals surface area contributed by atoms with Crippen molar-refractivity contribution in [1.29, 1.82) is 0 Å². The zero-order valence-electron chi connectivity index (χ0n) is 13.3. The Labute approximate surface area is 126 Å². The second-order valence-corrected chi connectivity index (χ2v) is 5.96. The highest BCUT2D eigenvalue weighted by Crippen LogP contribution is 2.38. The minimum absolute atomic E-state index is 0.0406. The zero-order chi connectivity index (χ0) is 15.3. The largest absolute Gasteiger partial charge is 0.491 e. The van der Waals surface area contributed by atoms with Crippen LogP contribution in [0, 0.1) is 0 Å². The minimum Gasteiger partial charge on any atom is -0.491 e. The molecule has 0 unspecified atom stereocenters. The lowest BCUT2D eigenvalue weighted by Gasteiger charge is -2.22. The number of hydrogen-bond acceptors (Lipinski definition) is 5. The lowest BCUT2D eigenvalue weighted by Crippen LogP contribution is -2.35. The summed E-state index contributed by atoms with van der Waals surface area (Å²) in [5.74, 6) is 2.33. The molecule has 0 fully saturated rings. The van der Waals surface area contributed by atoms with Crippen LogP contribution in [0.5, 0.6) is 17.2 Å². The quantitative estimate of drug-likeness (QED) is 0.784. The summed E-state index contributed by atoms with van der Waals surface area (Å²) in [4.78, 5) is 0. The maximum absolute atomic E-state index is 5.83. The second-order valence-electron chi connectivity index (χ2n) is 5.96. The summed E-state index contributed by atoms with van der Waals surface area (Å²) in [7, 11) is 0. The Hall–Kier alpha value is -1.46. The van der Waals surface area contributed by atoms with Crippen LogP contribution in [-0.2, 0) is 11.3 Å². The van der Waals surface area contributed by atoms with E-state index in [-0.39, 0.29) is 12.3 Å². The molecule has 0 bridgehead atoms. The van der Waals surface area contributed by atoms with Crippen LogP contribution in [-0.4, -0.2) is 32.2 Å². The minimum atomic E-state index is 0.0406. The van der Waals surface area contributed by atoms with Crippen molar-refractivity contribution in [3.05, 3.63) is 17.7 Å². The smallest absolute Gasteiger partial charge is 0.231 e. The van der Waals surface area contributed by atoms with E-state index in [1.54, 1.807) is 0 Å². The van der Waals surface area contributed by atoms with E-state index in [0.717, 1.165) is 22.8 Å². The Morgan fingerprint density at radius 2 is 1.86 bits per heavy atom. The Balaban J connectivity index is 2.08. The molecule has 5 heteroatoms. The fraction of sp³-hybridized carbons (Fsp3) is 0.625. The highest BCUT2D eigenvalue weighted by Gasteiger charge is 2.19. The SMILES string of the molecule is CCOCCOc1cc2c(cc1CNC(C)(C)C)OCO2. The molecule has 1 aliphatic rings. The van der Waals surface area contributed by atoms with Crippen molar-refractivity contribution < 1.29 is 18.9 Å². The van der Waals surface area contributed by atoms with E-state index < -0.39 is 0 Å². The topological polar surface area (TPSA) is 49.0 Å². The molecule has 0 aromatic heterocycles. The lowest BCUT2D eigenvalue weighted by atomic mass is 10.1. The van der Waals surface area contributed by atoms with Crippen LogP contribution < -0.4 is 19.5 Å². The molecule has 0 atom stereocenters. The van der Waals surface area contributed by atoms with Gasteiger partial charge in [0.15, 0.2) is 11.5 Å². The summed E-state index contributed by atoms with van der Waals surface area (Å²) in [5.41, 5.74) is 1.10. The molecule has 1 aromatic carbocycles. The van der Waals surface area contributed by atoms with E-state index in [0.29, 0.717) is 26.4 Å². The molecule has 0 aliphatic carbocycles. The number of rotatable bonds is 7. The maximum Gasteiger partial charge on any atom is 0.231 e. The van der Waals surface area contributed by atoms with Crippen LogP contribution in [0.1, 0.15) is 33.3 Å². The van der Waals surface area contributed by atoms with Crippen LogP contribution in [0.15, 0.2) is 12.1 Å². The highest BCUT2D eigenvalue weighted by molar-refractivity contribution is 5.51. The van der Waals surface area contributed by atoms with Crippen molar-refractivity contribution in [3.8, 4) is 17.2 Å². The van der Waals surface area contributed by atoms with Crippen LogP contribution in [0.4, 0.5) is 0 Å². The zero-order valence-corrected chi connectivity index (χ0v) is 13.3. The van der Waals surface area contributed by atoms with Crippen LogP contribution in [0.3, 0.4) is 0 Å². The highest BCUT2D eigenvalue weighted by atomic mass is 16.7. The van der Waals surface area contributed by atoms with Crippen molar-refractivity contribution in [3.63, 3.8) is 0 Å². The number of benzene rings is 1. The molecule has 0 spiro atoms. The Morgan fingerprint density at radius 1 is 1.14 bits per heavy atom. The molecule has 1 aromatic rings. The fourth-order valence-electron chi connectivity index (χ4n) is 1.95. The first-order valence-corrected chi connectivity index (χ1v) is 7.37. The van der Waals surface area contributed by atoms with Gasteiger partial charge in [0.2, 0.25) is 6.79 Å². The van der Waals surface area contributed by atoms with Crippen molar-refractivity contribution >= 4 is 0 Å². The second kappa shape index (κ2) is 7.00. The first kappa shape index (κ1) is 15.9. The summed E-state index contributed by atoms with van der Waals surface area (Å²) in [5, 5.41) is 3.46. The van der Waals surface area contributed by atoms with Crippen LogP contribution in [0.2, 0.25) is 0 Å². The van der Waals surface area contributed by atoms with Gasteiger partial charge in [0.25, 0.3) is 0 Å². The summed E-state index contributed by atoms with van der Waals surface area (Å²) >= 11 is 0. The standard InChI is InChI=1S/C16H25NO4/c1-5-18-6-7-19-13-9-15-14(20-11-21-15)8-12(13)10-17-16(2,3)4/h8-9,17H,5-7,10-11H2,1-4H3. The summed E-state index contributed by atoms with van der Waals surface area (Å²) in [6, 6.07) is 3.88. The van der Waals surface area contributed by atoms with Gasteiger partial charge in [-0.05, 0) is 33.8 Å². The molecular weight excluding hydrogens is 270 g/mol. The molecule has 118 valence electrons. The number of hydrogen-bond donors (Lipinski definition) is 1. The van der Waals surface area contributed by atoms with Gasteiger partial charge in [-0.25, -0.2) is 0 Å². The van der Waals surface area contributed by atoms with E-state index in [2.05, 4.69) is 26.1 Å². The molecule has 0 amide bonds. The molecule has 0 saturated carbocycles. The van der Waals surface area contributed by atoms with Crippen LogP contribution >= 0.6 is 0 Å². The van der Waals surface area contributed by atoms with Crippen LogP contribution in [0.25, 0.3) is 0 Å². The first-order valence-electron chi connectivity index (χ1n) is 7.37. The molecule has 1 N–H and O–H groups in total. The number of nitrogens with one attached hydrogen (secondary N) is 1. The third-order valence-electron chi connectivity index (χ3n) is 3.05.